The summed E-state index contributed by atoms with van der Waals surface area (Å²) in [7, 11) is 1.83. The minimum absolute atomic E-state index is 0.0127. The Morgan fingerprint density at radius 1 is 1.35 bits per heavy atom. The van der Waals surface area contributed by atoms with Gasteiger partial charge < -0.3 is 15.2 Å². The normalized spacial score (nSPS) is 10.6. The summed E-state index contributed by atoms with van der Waals surface area (Å²) >= 11 is 6.18. The first-order valence-corrected chi connectivity index (χ1v) is 6.75. The van der Waals surface area contributed by atoms with E-state index in [2.05, 4.69) is 10.4 Å². The van der Waals surface area contributed by atoms with E-state index in [0.717, 1.165) is 22.7 Å². The summed E-state index contributed by atoms with van der Waals surface area (Å²) in [6.07, 6.45) is 0. The van der Waals surface area contributed by atoms with Crippen LogP contribution in [-0.4, -0.2) is 28.1 Å². The molecule has 2 rings (SSSR count). The Balaban J connectivity index is 1.97. The van der Waals surface area contributed by atoms with Crippen LogP contribution >= 0.6 is 11.6 Å². The van der Waals surface area contributed by atoms with Crippen LogP contribution in [0, 0.1) is 6.92 Å². The van der Waals surface area contributed by atoms with Crippen LogP contribution in [0.1, 0.15) is 11.3 Å². The monoisotopic (exact) mass is 295 g/mol. The Labute approximate surface area is 123 Å². The van der Waals surface area contributed by atoms with Crippen LogP contribution in [0.15, 0.2) is 24.3 Å². The number of aliphatic hydroxyl groups is 1. The molecule has 1 aromatic heterocycles. The van der Waals surface area contributed by atoms with E-state index >= 15 is 0 Å². The number of hydrogen-bond donors (Lipinski definition) is 2. The molecule has 20 heavy (non-hydrogen) atoms. The highest BCUT2D eigenvalue weighted by Crippen LogP contribution is 2.21. The number of hydrogen-bond acceptors (Lipinski definition) is 4. The van der Waals surface area contributed by atoms with Crippen LogP contribution in [0.2, 0.25) is 5.15 Å². The van der Waals surface area contributed by atoms with Crippen LogP contribution in [0.4, 0.5) is 5.69 Å². The summed E-state index contributed by atoms with van der Waals surface area (Å²) in [4.78, 5) is 0. The number of rotatable bonds is 6. The first-order valence-electron chi connectivity index (χ1n) is 6.37. The van der Waals surface area contributed by atoms with Crippen molar-refractivity contribution in [3.05, 3.63) is 40.7 Å². The highest BCUT2D eigenvalue weighted by Gasteiger charge is 2.10. The number of halogens is 1. The smallest absolute Gasteiger partial charge is 0.131 e. The second-order valence-corrected chi connectivity index (χ2v) is 4.79. The van der Waals surface area contributed by atoms with Crippen molar-refractivity contribution in [3.8, 4) is 5.75 Å². The average Bonchev–Trinajstić information content (AvgIpc) is 2.69. The SMILES string of the molecule is Cc1nn(C)c(Cl)c1CNc1ccc(OCCO)cc1. The number of ether oxygens (including phenoxy) is 1. The van der Waals surface area contributed by atoms with Gasteiger partial charge >= 0.3 is 0 Å². The predicted molar refractivity (Wildman–Crippen MR) is 79.3 cm³/mol. The molecule has 6 heteroatoms. The van der Waals surface area contributed by atoms with Crippen molar-refractivity contribution >= 4 is 17.3 Å². The third kappa shape index (κ3) is 3.43. The zero-order valence-electron chi connectivity index (χ0n) is 11.6. The van der Waals surface area contributed by atoms with Gasteiger partial charge in [0.2, 0.25) is 0 Å². The molecular formula is C14H18ClN3O2. The number of aliphatic hydroxyl groups excluding tert-OH is 1. The lowest BCUT2D eigenvalue weighted by atomic mass is 10.2. The molecule has 1 heterocycles. The first-order chi connectivity index (χ1) is 9.61. The largest absolute Gasteiger partial charge is 0.491 e. The molecule has 2 aromatic rings. The van der Waals surface area contributed by atoms with Crippen LogP contribution in [-0.2, 0) is 13.6 Å². The van der Waals surface area contributed by atoms with Gasteiger partial charge in [-0.3, -0.25) is 4.68 Å². The molecule has 0 amide bonds. The Morgan fingerprint density at radius 2 is 2.05 bits per heavy atom. The van der Waals surface area contributed by atoms with Crippen molar-refractivity contribution in [2.45, 2.75) is 13.5 Å². The van der Waals surface area contributed by atoms with Crippen LogP contribution in [0.5, 0.6) is 5.75 Å². The zero-order chi connectivity index (χ0) is 14.5. The van der Waals surface area contributed by atoms with E-state index in [1.54, 1.807) is 4.68 Å². The van der Waals surface area contributed by atoms with Gasteiger partial charge in [0.1, 0.15) is 17.5 Å². The fourth-order valence-electron chi connectivity index (χ4n) is 1.90. The average molecular weight is 296 g/mol. The highest BCUT2D eigenvalue weighted by molar-refractivity contribution is 6.30. The first kappa shape index (κ1) is 14.7. The van der Waals surface area contributed by atoms with E-state index in [1.807, 2.05) is 38.2 Å². The topological polar surface area (TPSA) is 59.3 Å². The van der Waals surface area contributed by atoms with Gasteiger partial charge in [-0.05, 0) is 31.2 Å². The minimum Gasteiger partial charge on any atom is -0.491 e. The lowest BCUT2D eigenvalue weighted by Gasteiger charge is -2.08. The fourth-order valence-corrected chi connectivity index (χ4v) is 2.14. The Bertz CT molecular complexity index is 567. The summed E-state index contributed by atoms with van der Waals surface area (Å²) in [5, 5.41) is 16.9. The second kappa shape index (κ2) is 6.63. The van der Waals surface area contributed by atoms with Crippen molar-refractivity contribution in [2.75, 3.05) is 18.5 Å². The molecule has 0 spiro atoms. The Morgan fingerprint density at radius 3 is 2.60 bits per heavy atom. The van der Waals surface area contributed by atoms with Gasteiger partial charge in [-0.2, -0.15) is 5.10 Å². The van der Waals surface area contributed by atoms with Crippen molar-refractivity contribution in [2.24, 2.45) is 7.05 Å². The highest BCUT2D eigenvalue weighted by atomic mass is 35.5. The van der Waals surface area contributed by atoms with E-state index in [9.17, 15) is 0 Å². The molecule has 2 N–H and O–H groups in total. The molecule has 0 radical (unpaired) electrons. The molecule has 0 aliphatic carbocycles. The third-order valence-corrected chi connectivity index (χ3v) is 3.43. The number of nitrogens with zero attached hydrogens (tertiary/aromatic N) is 2. The molecule has 5 nitrogen and oxygen atoms in total. The number of benzene rings is 1. The van der Waals surface area contributed by atoms with Crippen molar-refractivity contribution in [1.82, 2.24) is 9.78 Å². The second-order valence-electron chi connectivity index (χ2n) is 4.43. The van der Waals surface area contributed by atoms with Crippen molar-refractivity contribution in [1.29, 1.82) is 0 Å². The van der Waals surface area contributed by atoms with Gasteiger partial charge in [-0.15, -0.1) is 0 Å². The molecule has 0 fully saturated rings. The van der Waals surface area contributed by atoms with Crippen molar-refractivity contribution in [3.63, 3.8) is 0 Å². The molecule has 0 atom stereocenters. The maximum Gasteiger partial charge on any atom is 0.131 e. The van der Waals surface area contributed by atoms with E-state index < -0.39 is 0 Å². The van der Waals surface area contributed by atoms with E-state index in [-0.39, 0.29) is 6.61 Å². The molecule has 0 unspecified atom stereocenters. The minimum atomic E-state index is 0.0127. The van der Waals surface area contributed by atoms with Crippen LogP contribution in [0.3, 0.4) is 0 Å². The van der Waals surface area contributed by atoms with E-state index in [0.29, 0.717) is 18.3 Å². The van der Waals surface area contributed by atoms with Gasteiger partial charge in [0.15, 0.2) is 0 Å². The predicted octanol–water partition coefficient (Wildman–Crippen LogP) is 2.37. The summed E-state index contributed by atoms with van der Waals surface area (Å²) in [6, 6.07) is 7.56. The zero-order valence-corrected chi connectivity index (χ0v) is 12.3. The molecular weight excluding hydrogens is 278 g/mol. The quantitative estimate of drug-likeness (QED) is 0.859. The third-order valence-electron chi connectivity index (χ3n) is 2.95. The fraction of sp³-hybridized carbons (Fsp3) is 0.357. The summed E-state index contributed by atoms with van der Waals surface area (Å²) in [5.41, 5.74) is 2.89. The number of anilines is 1. The Hall–Kier alpha value is -1.72. The summed E-state index contributed by atoms with van der Waals surface area (Å²) in [5.74, 6) is 0.736. The molecule has 1 aromatic carbocycles. The number of nitrogens with one attached hydrogen (secondary N) is 1. The Kier molecular flexibility index (Phi) is 4.87. The maximum atomic E-state index is 8.69. The summed E-state index contributed by atoms with van der Waals surface area (Å²) < 4.78 is 6.97. The lowest BCUT2D eigenvalue weighted by Crippen LogP contribution is -2.02. The molecule has 108 valence electrons. The van der Waals surface area contributed by atoms with Crippen LogP contribution < -0.4 is 10.1 Å². The molecule has 0 saturated carbocycles. The van der Waals surface area contributed by atoms with Crippen LogP contribution in [0.25, 0.3) is 0 Å². The number of aromatic nitrogens is 2. The van der Waals surface area contributed by atoms with Gasteiger partial charge in [-0.25, -0.2) is 0 Å². The molecule has 0 saturated heterocycles. The summed E-state index contributed by atoms with van der Waals surface area (Å²) in [6.45, 7) is 2.88. The van der Waals surface area contributed by atoms with E-state index in [1.165, 1.54) is 0 Å². The number of aryl methyl sites for hydroxylation is 2. The van der Waals surface area contributed by atoms with Gasteiger partial charge in [0.05, 0.1) is 12.3 Å². The van der Waals surface area contributed by atoms with Gasteiger partial charge in [0, 0.05) is 24.8 Å². The van der Waals surface area contributed by atoms with Crippen molar-refractivity contribution < 1.29 is 9.84 Å². The van der Waals surface area contributed by atoms with E-state index in [4.69, 9.17) is 21.4 Å². The van der Waals surface area contributed by atoms with Gasteiger partial charge in [0.25, 0.3) is 0 Å². The maximum absolute atomic E-state index is 8.69. The standard InChI is InChI=1S/C14H18ClN3O2/c1-10-13(14(15)18(2)17-10)9-16-11-3-5-12(6-4-11)20-8-7-19/h3-6,16,19H,7-9H2,1-2H3. The molecule has 0 aliphatic rings. The lowest BCUT2D eigenvalue weighted by molar-refractivity contribution is 0.201. The molecule has 0 aliphatic heterocycles. The molecule has 0 bridgehead atoms. The van der Waals surface area contributed by atoms with Gasteiger partial charge in [-0.1, -0.05) is 11.6 Å².